The Bertz CT molecular complexity index is 1430. The largest absolute Gasteiger partial charge is 0.352 e. The van der Waals surface area contributed by atoms with Crippen LogP contribution in [-0.2, 0) is 32.6 Å². The number of anilines is 1. The maximum absolute atomic E-state index is 14.2. The van der Waals surface area contributed by atoms with Gasteiger partial charge in [0, 0.05) is 24.0 Å². The maximum atomic E-state index is 14.2. The molecule has 0 saturated carbocycles. The molecule has 3 aromatic rings. The fourth-order valence-electron chi connectivity index (χ4n) is 4.62. The van der Waals surface area contributed by atoms with Crippen LogP contribution in [-0.4, -0.2) is 50.0 Å². The van der Waals surface area contributed by atoms with Crippen LogP contribution in [0.25, 0.3) is 0 Å². The Labute approximate surface area is 249 Å². The molecule has 0 heterocycles. The molecule has 3 rings (SSSR count). The third kappa shape index (κ3) is 9.07. The molecule has 0 aliphatic heterocycles. The molecule has 2 atom stereocenters. The standard InChI is InChI=1S/C32H40ClN3O4S/c1-6-24(4)34-32(38)30(20-25-13-8-7-9-14-25)35(21-26-15-12-16-27(33)19-26)31(37)22-36(41(5,39)40)29-18-11-10-17-28(29)23(2)3/h7-19,23-24,30H,6,20-22H2,1-5H3,(H,34,38)/t24-,30+/m0/s1. The van der Waals surface area contributed by atoms with Crippen LogP contribution < -0.4 is 9.62 Å². The molecule has 0 spiro atoms. The van der Waals surface area contributed by atoms with Gasteiger partial charge in [0.2, 0.25) is 21.8 Å². The van der Waals surface area contributed by atoms with E-state index in [0.29, 0.717) is 10.7 Å². The minimum Gasteiger partial charge on any atom is -0.352 e. The molecule has 41 heavy (non-hydrogen) atoms. The molecule has 0 aliphatic carbocycles. The summed E-state index contributed by atoms with van der Waals surface area (Å²) in [5, 5.41) is 3.53. The van der Waals surface area contributed by atoms with Gasteiger partial charge in [0.15, 0.2) is 0 Å². The van der Waals surface area contributed by atoms with Crippen molar-refractivity contribution in [1.82, 2.24) is 10.2 Å². The molecule has 0 aliphatic rings. The Hall–Kier alpha value is -3.36. The van der Waals surface area contributed by atoms with Crippen LogP contribution in [0.15, 0.2) is 78.9 Å². The minimum atomic E-state index is -3.85. The quantitative estimate of drug-likeness (QED) is 0.270. The zero-order valence-corrected chi connectivity index (χ0v) is 26.0. The van der Waals surface area contributed by atoms with Crippen LogP contribution in [0, 0.1) is 0 Å². The van der Waals surface area contributed by atoms with Crippen LogP contribution in [0.4, 0.5) is 5.69 Å². The number of benzene rings is 3. The van der Waals surface area contributed by atoms with Gasteiger partial charge in [0.05, 0.1) is 11.9 Å². The number of hydrogen-bond acceptors (Lipinski definition) is 4. The van der Waals surface area contributed by atoms with Crippen LogP contribution in [0.1, 0.15) is 56.7 Å². The third-order valence-corrected chi connectivity index (χ3v) is 8.38. The van der Waals surface area contributed by atoms with Gasteiger partial charge in [-0.05, 0) is 54.2 Å². The van der Waals surface area contributed by atoms with Gasteiger partial charge < -0.3 is 10.2 Å². The van der Waals surface area contributed by atoms with E-state index in [-0.39, 0.29) is 30.8 Å². The van der Waals surface area contributed by atoms with Gasteiger partial charge >= 0.3 is 0 Å². The molecule has 0 fully saturated rings. The number of rotatable bonds is 13. The van der Waals surface area contributed by atoms with Gasteiger partial charge in [-0.3, -0.25) is 13.9 Å². The van der Waals surface area contributed by atoms with E-state index < -0.39 is 28.5 Å². The smallest absolute Gasteiger partial charge is 0.244 e. The lowest BCUT2D eigenvalue weighted by atomic mass is 10.0. The van der Waals surface area contributed by atoms with E-state index in [4.69, 9.17) is 11.6 Å². The molecule has 0 saturated heterocycles. The molecular formula is C32H40ClN3O4S. The number of amides is 2. The first-order chi connectivity index (χ1) is 19.4. The second-order valence-corrected chi connectivity index (χ2v) is 13.0. The summed E-state index contributed by atoms with van der Waals surface area (Å²) in [4.78, 5) is 29.5. The fourth-order valence-corrected chi connectivity index (χ4v) is 5.71. The average Bonchev–Trinajstić information content (AvgIpc) is 2.93. The predicted octanol–water partition coefficient (Wildman–Crippen LogP) is 5.78. The lowest BCUT2D eigenvalue weighted by Gasteiger charge is -2.34. The zero-order valence-electron chi connectivity index (χ0n) is 24.4. The van der Waals surface area contributed by atoms with Crippen molar-refractivity contribution in [2.75, 3.05) is 17.1 Å². The summed E-state index contributed by atoms with van der Waals surface area (Å²) in [6.07, 6.45) is 2.08. The molecule has 1 N–H and O–H groups in total. The average molecular weight is 598 g/mol. The summed E-state index contributed by atoms with van der Waals surface area (Å²) in [5.41, 5.74) is 2.87. The summed E-state index contributed by atoms with van der Waals surface area (Å²) in [6.45, 7) is 7.46. The van der Waals surface area contributed by atoms with Gasteiger partial charge in [-0.2, -0.15) is 0 Å². The van der Waals surface area contributed by atoms with E-state index >= 15 is 0 Å². The predicted molar refractivity (Wildman–Crippen MR) is 167 cm³/mol. The first kappa shape index (κ1) is 32.2. The highest BCUT2D eigenvalue weighted by Gasteiger charge is 2.34. The van der Waals surface area contributed by atoms with Crippen molar-refractivity contribution < 1.29 is 18.0 Å². The van der Waals surface area contributed by atoms with Crippen molar-refractivity contribution >= 4 is 39.1 Å². The minimum absolute atomic E-state index is 0.0280. The van der Waals surface area contributed by atoms with Crippen molar-refractivity contribution in [3.05, 3.63) is 101 Å². The fraction of sp³-hybridized carbons (Fsp3) is 0.375. The number of hydrogen-bond donors (Lipinski definition) is 1. The maximum Gasteiger partial charge on any atom is 0.244 e. The first-order valence-corrected chi connectivity index (χ1v) is 16.1. The highest BCUT2D eigenvalue weighted by Crippen LogP contribution is 2.29. The second kappa shape index (κ2) is 14.5. The van der Waals surface area contributed by atoms with Crippen LogP contribution >= 0.6 is 11.6 Å². The molecule has 3 aromatic carbocycles. The number of nitrogens with one attached hydrogen (secondary N) is 1. The lowest BCUT2D eigenvalue weighted by Crippen LogP contribution is -2.54. The SMILES string of the molecule is CC[C@H](C)NC(=O)[C@@H](Cc1ccccc1)N(Cc1cccc(Cl)c1)C(=O)CN(c1ccccc1C(C)C)S(C)(=O)=O. The van der Waals surface area contributed by atoms with Gasteiger partial charge in [0.25, 0.3) is 0 Å². The Morgan fingerprint density at radius 3 is 2.15 bits per heavy atom. The molecule has 0 unspecified atom stereocenters. The Morgan fingerprint density at radius 2 is 1.54 bits per heavy atom. The summed E-state index contributed by atoms with van der Waals surface area (Å²) < 4.78 is 27.4. The van der Waals surface area contributed by atoms with Crippen LogP contribution in [0.2, 0.25) is 5.02 Å². The molecular weight excluding hydrogens is 558 g/mol. The van der Waals surface area contributed by atoms with Crippen molar-refractivity contribution in [2.24, 2.45) is 0 Å². The Morgan fingerprint density at radius 1 is 0.902 bits per heavy atom. The normalized spacial score (nSPS) is 13.0. The van der Waals surface area contributed by atoms with E-state index in [1.165, 1.54) is 4.90 Å². The highest BCUT2D eigenvalue weighted by molar-refractivity contribution is 7.92. The van der Waals surface area contributed by atoms with Crippen molar-refractivity contribution in [3.8, 4) is 0 Å². The molecule has 0 bridgehead atoms. The topological polar surface area (TPSA) is 86.8 Å². The molecule has 0 radical (unpaired) electrons. The number of para-hydroxylation sites is 1. The van der Waals surface area contributed by atoms with E-state index in [0.717, 1.165) is 33.7 Å². The van der Waals surface area contributed by atoms with Gasteiger partial charge in [-0.1, -0.05) is 93.0 Å². The number of halogens is 1. The van der Waals surface area contributed by atoms with E-state index in [9.17, 15) is 18.0 Å². The van der Waals surface area contributed by atoms with Crippen LogP contribution in [0.5, 0.6) is 0 Å². The van der Waals surface area contributed by atoms with Crippen molar-refractivity contribution in [2.45, 2.75) is 65.1 Å². The summed E-state index contributed by atoms with van der Waals surface area (Å²) in [5.74, 6) is -0.762. The highest BCUT2D eigenvalue weighted by atomic mass is 35.5. The molecule has 7 nitrogen and oxygen atoms in total. The first-order valence-electron chi connectivity index (χ1n) is 13.9. The Balaban J connectivity index is 2.10. The molecule has 0 aromatic heterocycles. The van der Waals surface area contributed by atoms with Crippen molar-refractivity contribution in [1.29, 1.82) is 0 Å². The molecule has 2 amide bonds. The summed E-state index contributed by atoms with van der Waals surface area (Å²) in [7, 11) is -3.85. The monoisotopic (exact) mass is 597 g/mol. The number of carbonyl (C=O) groups excluding carboxylic acids is 2. The second-order valence-electron chi connectivity index (χ2n) is 10.7. The molecule has 9 heteroatoms. The lowest BCUT2D eigenvalue weighted by molar-refractivity contribution is -0.140. The summed E-state index contributed by atoms with van der Waals surface area (Å²) in [6, 6.07) is 22.8. The zero-order chi connectivity index (χ0) is 30.2. The number of sulfonamides is 1. The summed E-state index contributed by atoms with van der Waals surface area (Å²) >= 11 is 6.27. The van der Waals surface area contributed by atoms with Gasteiger partial charge in [-0.15, -0.1) is 0 Å². The number of nitrogens with zero attached hydrogens (tertiary/aromatic N) is 2. The van der Waals surface area contributed by atoms with Crippen LogP contribution in [0.3, 0.4) is 0 Å². The van der Waals surface area contributed by atoms with E-state index in [1.54, 1.807) is 30.3 Å². The molecule has 220 valence electrons. The van der Waals surface area contributed by atoms with Gasteiger partial charge in [-0.25, -0.2) is 8.42 Å². The van der Waals surface area contributed by atoms with E-state index in [2.05, 4.69) is 5.32 Å². The Kier molecular flexibility index (Phi) is 11.4. The number of carbonyl (C=O) groups is 2. The van der Waals surface area contributed by atoms with Gasteiger partial charge in [0.1, 0.15) is 12.6 Å². The van der Waals surface area contributed by atoms with E-state index in [1.807, 2.05) is 76.2 Å². The third-order valence-electron chi connectivity index (χ3n) is 7.02. The van der Waals surface area contributed by atoms with Crippen molar-refractivity contribution in [3.63, 3.8) is 0 Å².